The lowest BCUT2D eigenvalue weighted by molar-refractivity contribution is 0.174. The van der Waals surface area contributed by atoms with Crippen LogP contribution in [0, 0.1) is 0 Å². The van der Waals surface area contributed by atoms with Gasteiger partial charge in [0.1, 0.15) is 6.10 Å². The fraction of sp³-hybridized carbons (Fsp3) is 0.250. The third-order valence-corrected chi connectivity index (χ3v) is 4.63. The first-order chi connectivity index (χ1) is 10.2. The molecule has 0 fully saturated rings. The first-order valence-corrected chi connectivity index (χ1v) is 7.71. The minimum absolute atomic E-state index is 0.0581. The highest BCUT2D eigenvalue weighted by Gasteiger charge is 2.13. The zero-order valence-corrected chi connectivity index (χ0v) is 12.5. The third kappa shape index (κ3) is 3.26. The van der Waals surface area contributed by atoms with E-state index in [1.807, 2.05) is 19.1 Å². The van der Waals surface area contributed by atoms with E-state index < -0.39 is 6.10 Å². The topological polar surface area (TPSA) is 58.0 Å². The quantitative estimate of drug-likeness (QED) is 0.760. The van der Waals surface area contributed by atoms with E-state index in [0.717, 1.165) is 10.6 Å². The molecule has 21 heavy (non-hydrogen) atoms. The molecule has 5 heteroatoms. The summed E-state index contributed by atoms with van der Waals surface area (Å²) in [5.41, 5.74) is 0.876. The monoisotopic (exact) mass is 299 g/mol. The molecule has 0 radical (unpaired) electrons. The zero-order chi connectivity index (χ0) is 14.7. The first-order valence-electron chi connectivity index (χ1n) is 6.90. The van der Waals surface area contributed by atoms with Crippen molar-refractivity contribution in [1.82, 2.24) is 15.3 Å². The number of hydrogen-bond donors (Lipinski definition) is 2. The van der Waals surface area contributed by atoms with E-state index >= 15 is 0 Å². The van der Waals surface area contributed by atoms with Crippen molar-refractivity contribution in [2.45, 2.75) is 19.1 Å². The number of nitrogens with zero attached hydrogens (tertiary/aromatic N) is 2. The summed E-state index contributed by atoms with van der Waals surface area (Å²) >= 11 is 1.63. The molecule has 3 rings (SSSR count). The Hall–Kier alpha value is -1.82. The number of aliphatic hydroxyl groups excluding tert-OH is 1. The van der Waals surface area contributed by atoms with E-state index in [2.05, 4.69) is 33.5 Å². The molecule has 0 saturated heterocycles. The zero-order valence-electron chi connectivity index (χ0n) is 11.7. The second-order valence-corrected chi connectivity index (χ2v) is 6.08. The van der Waals surface area contributed by atoms with Crippen LogP contribution in [-0.2, 0) is 0 Å². The van der Waals surface area contributed by atoms with E-state index in [0.29, 0.717) is 6.54 Å². The maximum absolute atomic E-state index is 10.3. The molecular formula is C16H17N3OS. The summed E-state index contributed by atoms with van der Waals surface area (Å²) in [4.78, 5) is 9.30. The predicted octanol–water partition coefficient (Wildman–Crippen LogP) is 3.08. The highest BCUT2D eigenvalue weighted by Crippen LogP contribution is 2.29. The molecule has 0 amide bonds. The molecular weight excluding hydrogens is 282 g/mol. The molecule has 2 heterocycles. The summed E-state index contributed by atoms with van der Waals surface area (Å²) in [5, 5.41) is 14.8. The maximum Gasteiger partial charge on any atom is 0.101 e. The van der Waals surface area contributed by atoms with Crippen LogP contribution in [0.5, 0.6) is 0 Å². The standard InChI is InChI=1S/C16H17N3OS/c1-11(13-9-17-6-7-18-13)19-10-14(20)16-8-12-4-2-3-5-15(12)21-16/h2-9,11,14,19-20H,10H2,1H3. The van der Waals surface area contributed by atoms with Gasteiger partial charge in [0.2, 0.25) is 0 Å². The molecule has 0 aliphatic rings. The SMILES string of the molecule is CC(NCC(O)c1cc2ccccc2s1)c1cnccn1. The summed E-state index contributed by atoms with van der Waals surface area (Å²) in [6.07, 6.45) is 4.56. The van der Waals surface area contributed by atoms with E-state index in [1.54, 1.807) is 29.9 Å². The number of nitrogens with one attached hydrogen (secondary N) is 1. The second kappa shape index (κ2) is 6.30. The summed E-state index contributed by atoms with van der Waals surface area (Å²) in [6, 6.07) is 10.3. The smallest absolute Gasteiger partial charge is 0.101 e. The van der Waals surface area contributed by atoms with Gasteiger partial charge in [0.15, 0.2) is 0 Å². The Kier molecular flexibility index (Phi) is 4.24. The normalized spacial score (nSPS) is 14.2. The van der Waals surface area contributed by atoms with Crippen molar-refractivity contribution in [2.75, 3.05) is 6.54 Å². The molecule has 0 bridgehead atoms. The molecule has 2 unspecified atom stereocenters. The van der Waals surface area contributed by atoms with Crippen LogP contribution in [0.2, 0.25) is 0 Å². The summed E-state index contributed by atoms with van der Waals surface area (Å²) in [6.45, 7) is 2.51. The molecule has 0 spiro atoms. The lowest BCUT2D eigenvalue weighted by Crippen LogP contribution is -2.25. The van der Waals surface area contributed by atoms with Crippen molar-refractivity contribution < 1.29 is 5.11 Å². The van der Waals surface area contributed by atoms with Gasteiger partial charge in [-0.3, -0.25) is 9.97 Å². The summed E-state index contributed by atoms with van der Waals surface area (Å²) in [7, 11) is 0. The van der Waals surface area contributed by atoms with Gasteiger partial charge in [0.05, 0.1) is 5.69 Å². The van der Waals surface area contributed by atoms with Gasteiger partial charge in [0, 0.05) is 40.8 Å². The summed E-state index contributed by atoms with van der Waals surface area (Å²) < 4.78 is 1.20. The van der Waals surface area contributed by atoms with Crippen LogP contribution in [-0.4, -0.2) is 21.6 Å². The van der Waals surface area contributed by atoms with Gasteiger partial charge in [-0.25, -0.2) is 0 Å². The Morgan fingerprint density at radius 2 is 2.14 bits per heavy atom. The molecule has 2 atom stereocenters. The lowest BCUT2D eigenvalue weighted by atomic mass is 10.2. The molecule has 2 aromatic heterocycles. The summed E-state index contributed by atoms with van der Waals surface area (Å²) in [5.74, 6) is 0. The molecule has 2 N–H and O–H groups in total. The van der Waals surface area contributed by atoms with Crippen LogP contribution in [0.25, 0.3) is 10.1 Å². The van der Waals surface area contributed by atoms with Gasteiger partial charge in [-0.15, -0.1) is 11.3 Å². The lowest BCUT2D eigenvalue weighted by Gasteiger charge is -2.15. The van der Waals surface area contributed by atoms with Gasteiger partial charge >= 0.3 is 0 Å². The molecule has 0 saturated carbocycles. The van der Waals surface area contributed by atoms with Crippen LogP contribution in [0.15, 0.2) is 48.9 Å². The Balaban J connectivity index is 1.65. The molecule has 3 aromatic rings. The van der Waals surface area contributed by atoms with E-state index in [1.165, 1.54) is 10.1 Å². The van der Waals surface area contributed by atoms with Gasteiger partial charge < -0.3 is 10.4 Å². The number of fused-ring (bicyclic) bond motifs is 1. The Bertz CT molecular complexity index is 681. The van der Waals surface area contributed by atoms with E-state index in [9.17, 15) is 5.11 Å². The fourth-order valence-corrected chi connectivity index (χ4v) is 3.25. The minimum Gasteiger partial charge on any atom is -0.386 e. The largest absolute Gasteiger partial charge is 0.386 e. The van der Waals surface area contributed by atoms with Crippen LogP contribution < -0.4 is 5.32 Å². The second-order valence-electron chi connectivity index (χ2n) is 4.96. The first kappa shape index (κ1) is 14.1. The van der Waals surface area contributed by atoms with Crippen molar-refractivity contribution in [3.8, 4) is 0 Å². The number of rotatable bonds is 5. The molecule has 108 valence electrons. The van der Waals surface area contributed by atoms with Gasteiger partial charge in [0.25, 0.3) is 0 Å². The van der Waals surface area contributed by atoms with Gasteiger partial charge in [-0.2, -0.15) is 0 Å². The van der Waals surface area contributed by atoms with Crippen LogP contribution in [0.4, 0.5) is 0 Å². The fourth-order valence-electron chi connectivity index (χ4n) is 2.19. The highest BCUT2D eigenvalue weighted by molar-refractivity contribution is 7.19. The molecule has 0 aliphatic carbocycles. The average Bonchev–Trinajstić information content (AvgIpc) is 2.97. The minimum atomic E-state index is -0.512. The average molecular weight is 299 g/mol. The van der Waals surface area contributed by atoms with Crippen LogP contribution in [0.1, 0.15) is 29.6 Å². The Morgan fingerprint density at radius 3 is 2.90 bits per heavy atom. The van der Waals surface area contributed by atoms with Crippen molar-refractivity contribution >= 4 is 21.4 Å². The highest BCUT2D eigenvalue weighted by atomic mass is 32.1. The van der Waals surface area contributed by atoms with Crippen molar-refractivity contribution in [3.63, 3.8) is 0 Å². The van der Waals surface area contributed by atoms with Crippen LogP contribution in [0.3, 0.4) is 0 Å². The Labute approximate surface area is 127 Å². The number of benzene rings is 1. The Morgan fingerprint density at radius 1 is 1.29 bits per heavy atom. The van der Waals surface area contributed by atoms with Crippen molar-refractivity contribution in [1.29, 1.82) is 0 Å². The van der Waals surface area contributed by atoms with E-state index in [4.69, 9.17) is 0 Å². The maximum atomic E-state index is 10.3. The number of aliphatic hydroxyl groups is 1. The molecule has 1 aromatic carbocycles. The number of hydrogen-bond acceptors (Lipinski definition) is 5. The van der Waals surface area contributed by atoms with Crippen molar-refractivity contribution in [3.05, 3.63) is 59.5 Å². The van der Waals surface area contributed by atoms with Crippen LogP contribution >= 0.6 is 11.3 Å². The molecule has 0 aliphatic heterocycles. The number of thiophene rings is 1. The third-order valence-electron chi connectivity index (χ3n) is 3.42. The predicted molar refractivity (Wildman–Crippen MR) is 85.2 cm³/mol. The van der Waals surface area contributed by atoms with Gasteiger partial charge in [-0.1, -0.05) is 18.2 Å². The molecule has 4 nitrogen and oxygen atoms in total. The van der Waals surface area contributed by atoms with Gasteiger partial charge in [-0.05, 0) is 24.4 Å². The number of aromatic nitrogens is 2. The van der Waals surface area contributed by atoms with E-state index in [-0.39, 0.29) is 6.04 Å². The van der Waals surface area contributed by atoms with Crippen molar-refractivity contribution in [2.24, 2.45) is 0 Å².